The molecular weight excluding hydrogens is 290 g/mol. The van der Waals surface area contributed by atoms with Gasteiger partial charge in [0.1, 0.15) is 5.69 Å². The largest absolute Gasteiger partial charge is 0.375 e. The molecule has 1 aromatic heterocycles. The Balaban J connectivity index is 1.60. The van der Waals surface area contributed by atoms with Gasteiger partial charge in [-0.2, -0.15) is 0 Å². The number of hydrogen-bond donors (Lipinski definition) is 1. The highest BCUT2D eigenvalue weighted by atomic mass is 16.5. The number of nitrogens with one attached hydrogen (secondary N) is 1. The molecule has 2 aliphatic heterocycles. The van der Waals surface area contributed by atoms with Gasteiger partial charge < -0.3 is 19.5 Å². The lowest BCUT2D eigenvalue weighted by atomic mass is 10.1. The van der Waals surface area contributed by atoms with Gasteiger partial charge in [-0.15, -0.1) is 0 Å². The summed E-state index contributed by atoms with van der Waals surface area (Å²) < 4.78 is 6.00. The van der Waals surface area contributed by atoms with Gasteiger partial charge in [0.25, 0.3) is 5.91 Å². The van der Waals surface area contributed by atoms with Crippen LogP contribution in [0.2, 0.25) is 0 Å². The lowest BCUT2D eigenvalue weighted by Gasteiger charge is -2.31. The molecule has 0 radical (unpaired) electrons. The van der Waals surface area contributed by atoms with E-state index in [2.05, 4.69) is 16.8 Å². The maximum Gasteiger partial charge on any atom is 0.270 e. The minimum Gasteiger partial charge on any atom is -0.375 e. The van der Waals surface area contributed by atoms with E-state index in [1.54, 1.807) is 0 Å². The summed E-state index contributed by atoms with van der Waals surface area (Å²) in [5.74, 6) is 0.110. The van der Waals surface area contributed by atoms with Crippen LogP contribution in [0, 0.1) is 0 Å². The Bertz CT molecular complexity index is 508. The van der Waals surface area contributed by atoms with Gasteiger partial charge in [-0.1, -0.05) is 13.3 Å². The molecule has 23 heavy (non-hydrogen) atoms. The Morgan fingerprint density at radius 2 is 2.04 bits per heavy atom. The molecular formula is C18H29N3O2. The van der Waals surface area contributed by atoms with Crippen LogP contribution in [-0.2, 0) is 11.2 Å². The fraction of sp³-hybridized carbons (Fsp3) is 0.722. The second-order valence-corrected chi connectivity index (χ2v) is 6.71. The predicted molar refractivity (Wildman–Crippen MR) is 90.7 cm³/mol. The molecule has 3 rings (SSSR count). The molecule has 0 unspecified atom stereocenters. The van der Waals surface area contributed by atoms with Gasteiger partial charge in [0.05, 0.1) is 6.10 Å². The van der Waals surface area contributed by atoms with E-state index in [9.17, 15) is 4.79 Å². The van der Waals surface area contributed by atoms with E-state index < -0.39 is 0 Å². The van der Waals surface area contributed by atoms with Crippen LogP contribution in [0.1, 0.15) is 48.8 Å². The number of aromatic amines is 1. The van der Waals surface area contributed by atoms with E-state index in [0.29, 0.717) is 12.2 Å². The molecule has 0 aliphatic carbocycles. The Morgan fingerprint density at radius 3 is 2.78 bits per heavy atom. The molecule has 5 nitrogen and oxygen atoms in total. The van der Waals surface area contributed by atoms with Crippen molar-refractivity contribution in [3.63, 3.8) is 0 Å². The average Bonchev–Trinajstić information content (AvgIpc) is 2.95. The van der Waals surface area contributed by atoms with Crippen molar-refractivity contribution in [1.29, 1.82) is 0 Å². The van der Waals surface area contributed by atoms with E-state index in [0.717, 1.165) is 38.2 Å². The number of ether oxygens (including phenoxy) is 1. The highest BCUT2D eigenvalue weighted by molar-refractivity contribution is 5.92. The number of carbonyl (C=O) groups is 1. The summed E-state index contributed by atoms with van der Waals surface area (Å²) in [4.78, 5) is 20.4. The minimum absolute atomic E-state index is 0.110. The van der Waals surface area contributed by atoms with Crippen LogP contribution in [0.15, 0.2) is 12.1 Å². The number of likely N-dealkylation sites (tertiary alicyclic amines) is 1. The molecule has 5 heteroatoms. The summed E-state index contributed by atoms with van der Waals surface area (Å²) in [6.45, 7) is 7.64. The second-order valence-electron chi connectivity index (χ2n) is 6.71. The van der Waals surface area contributed by atoms with Crippen molar-refractivity contribution in [2.24, 2.45) is 0 Å². The van der Waals surface area contributed by atoms with Crippen LogP contribution < -0.4 is 0 Å². The van der Waals surface area contributed by atoms with E-state index in [1.807, 2.05) is 17.0 Å². The van der Waals surface area contributed by atoms with Gasteiger partial charge >= 0.3 is 0 Å². The van der Waals surface area contributed by atoms with Gasteiger partial charge in [-0.25, -0.2) is 0 Å². The van der Waals surface area contributed by atoms with Crippen LogP contribution >= 0.6 is 0 Å². The third-order valence-electron chi connectivity index (χ3n) is 4.91. The van der Waals surface area contributed by atoms with Crippen molar-refractivity contribution in [3.8, 4) is 0 Å². The fourth-order valence-electron chi connectivity index (χ4n) is 3.56. The van der Waals surface area contributed by atoms with Crippen molar-refractivity contribution in [3.05, 3.63) is 23.5 Å². The number of amides is 1. The zero-order valence-corrected chi connectivity index (χ0v) is 14.2. The lowest BCUT2D eigenvalue weighted by molar-refractivity contribution is 0.0215. The molecule has 3 heterocycles. The molecule has 0 bridgehead atoms. The number of piperidine rings is 1. The van der Waals surface area contributed by atoms with Crippen LogP contribution in [-0.4, -0.2) is 66.1 Å². The molecule has 0 spiro atoms. The smallest absolute Gasteiger partial charge is 0.270 e. The summed E-state index contributed by atoms with van der Waals surface area (Å²) in [7, 11) is 0. The number of aromatic nitrogens is 1. The topological polar surface area (TPSA) is 48.6 Å². The first-order valence-corrected chi connectivity index (χ1v) is 9.07. The molecule has 1 atom stereocenters. The monoisotopic (exact) mass is 319 g/mol. The van der Waals surface area contributed by atoms with Crippen LogP contribution in [0.25, 0.3) is 0 Å². The number of rotatable bonds is 4. The zero-order chi connectivity index (χ0) is 16.1. The second kappa shape index (κ2) is 7.97. The standard InChI is InChI=1S/C18H29N3O2/c1-2-15-7-8-17(19-15)18(22)21-11-6-12-23-16(14-21)13-20-9-4-3-5-10-20/h7-8,16,19H,2-6,9-14H2,1H3/t16-/m0/s1. The van der Waals surface area contributed by atoms with Gasteiger partial charge in [0, 0.05) is 31.9 Å². The maximum atomic E-state index is 12.7. The normalized spacial score (nSPS) is 23.7. The quantitative estimate of drug-likeness (QED) is 0.926. The van der Waals surface area contributed by atoms with Crippen molar-refractivity contribution < 1.29 is 9.53 Å². The summed E-state index contributed by atoms with van der Waals surface area (Å²) in [6.07, 6.45) is 5.91. The van der Waals surface area contributed by atoms with Crippen molar-refractivity contribution in [2.75, 3.05) is 39.3 Å². The van der Waals surface area contributed by atoms with Gasteiger partial charge in [0.15, 0.2) is 0 Å². The van der Waals surface area contributed by atoms with E-state index in [-0.39, 0.29) is 12.0 Å². The van der Waals surface area contributed by atoms with E-state index in [4.69, 9.17) is 4.74 Å². The first kappa shape index (κ1) is 16.5. The van der Waals surface area contributed by atoms with Gasteiger partial charge in [0.2, 0.25) is 0 Å². The molecule has 2 aliphatic rings. The Hall–Kier alpha value is -1.33. The number of H-pyrrole nitrogens is 1. The zero-order valence-electron chi connectivity index (χ0n) is 14.2. The molecule has 0 saturated carbocycles. The lowest BCUT2D eigenvalue weighted by Crippen LogP contribution is -2.44. The minimum atomic E-state index is 0.110. The fourth-order valence-corrected chi connectivity index (χ4v) is 3.56. The van der Waals surface area contributed by atoms with E-state index >= 15 is 0 Å². The highest BCUT2D eigenvalue weighted by Crippen LogP contribution is 2.15. The van der Waals surface area contributed by atoms with Crippen LogP contribution in [0.3, 0.4) is 0 Å². The number of carbonyl (C=O) groups excluding carboxylic acids is 1. The third-order valence-corrected chi connectivity index (χ3v) is 4.91. The molecule has 0 aromatic carbocycles. The highest BCUT2D eigenvalue weighted by Gasteiger charge is 2.26. The number of aryl methyl sites for hydroxylation is 1. The van der Waals surface area contributed by atoms with Gasteiger partial charge in [-0.3, -0.25) is 4.79 Å². The molecule has 128 valence electrons. The Labute approximate surface area is 139 Å². The molecule has 2 saturated heterocycles. The molecule has 1 amide bonds. The Kier molecular flexibility index (Phi) is 5.73. The average molecular weight is 319 g/mol. The van der Waals surface area contributed by atoms with Crippen molar-refractivity contribution in [2.45, 2.75) is 45.1 Å². The summed E-state index contributed by atoms with van der Waals surface area (Å²) in [5.41, 5.74) is 1.82. The summed E-state index contributed by atoms with van der Waals surface area (Å²) >= 11 is 0. The molecule has 1 aromatic rings. The Morgan fingerprint density at radius 1 is 1.22 bits per heavy atom. The van der Waals surface area contributed by atoms with Crippen molar-refractivity contribution >= 4 is 5.91 Å². The number of hydrogen-bond acceptors (Lipinski definition) is 3. The SMILES string of the molecule is CCc1ccc(C(=O)N2CCCO[C@@H](CN3CCCCC3)C2)[nH]1. The number of nitrogens with zero attached hydrogens (tertiary/aromatic N) is 2. The molecule has 2 fully saturated rings. The van der Waals surface area contributed by atoms with Crippen LogP contribution in [0.5, 0.6) is 0 Å². The van der Waals surface area contributed by atoms with Crippen LogP contribution in [0.4, 0.5) is 0 Å². The predicted octanol–water partition coefficient (Wildman–Crippen LogP) is 2.29. The first-order chi connectivity index (χ1) is 11.3. The van der Waals surface area contributed by atoms with Crippen molar-refractivity contribution in [1.82, 2.24) is 14.8 Å². The third kappa shape index (κ3) is 4.36. The summed E-state index contributed by atoms with van der Waals surface area (Å²) in [5, 5.41) is 0. The van der Waals surface area contributed by atoms with Gasteiger partial charge in [-0.05, 0) is 50.9 Å². The summed E-state index contributed by atoms with van der Waals surface area (Å²) in [6, 6.07) is 3.92. The maximum absolute atomic E-state index is 12.7. The van der Waals surface area contributed by atoms with E-state index in [1.165, 1.54) is 32.4 Å². The first-order valence-electron chi connectivity index (χ1n) is 9.07. The molecule has 1 N–H and O–H groups in total.